The Labute approximate surface area is 109 Å². The molecule has 98 valence electrons. The molecule has 1 amide bonds. The number of nitrogens with zero attached hydrogens (tertiary/aromatic N) is 1. The Bertz CT molecular complexity index is 270. The maximum atomic E-state index is 11.7. The fourth-order valence-corrected chi connectivity index (χ4v) is 2.48. The maximum absolute atomic E-state index is 11.7. The summed E-state index contributed by atoms with van der Waals surface area (Å²) < 4.78 is 0. The first-order valence-electron chi connectivity index (χ1n) is 6.39. The molecule has 0 saturated carbocycles. The van der Waals surface area contributed by atoms with Crippen LogP contribution < -0.4 is 11.1 Å². The number of carbonyl (C=O) groups excluding carboxylic acids is 1. The minimum atomic E-state index is 0.0681. The summed E-state index contributed by atoms with van der Waals surface area (Å²) >= 11 is 4.85. The van der Waals surface area contributed by atoms with Gasteiger partial charge in [-0.1, -0.05) is 18.6 Å². The van der Waals surface area contributed by atoms with E-state index in [1.807, 2.05) is 0 Å². The SMILES string of the molecule is CNC(=O)C1CCCCN1CCCCC(N)=S. The number of unbranched alkanes of at least 4 members (excludes halogenated alkanes) is 1. The molecule has 17 heavy (non-hydrogen) atoms. The third-order valence-electron chi connectivity index (χ3n) is 3.28. The van der Waals surface area contributed by atoms with Gasteiger partial charge in [0.25, 0.3) is 0 Å². The van der Waals surface area contributed by atoms with Gasteiger partial charge in [0.15, 0.2) is 0 Å². The molecule has 0 aromatic carbocycles. The highest BCUT2D eigenvalue weighted by Crippen LogP contribution is 2.17. The van der Waals surface area contributed by atoms with Crippen LogP contribution in [0.25, 0.3) is 0 Å². The van der Waals surface area contributed by atoms with Crippen LogP contribution >= 0.6 is 12.2 Å². The second-order valence-corrected chi connectivity index (χ2v) is 5.11. The van der Waals surface area contributed by atoms with E-state index in [9.17, 15) is 4.79 Å². The summed E-state index contributed by atoms with van der Waals surface area (Å²) in [6, 6.07) is 0.0681. The lowest BCUT2D eigenvalue weighted by molar-refractivity contribution is -0.127. The van der Waals surface area contributed by atoms with Gasteiger partial charge in [0.1, 0.15) is 0 Å². The number of likely N-dealkylation sites (N-methyl/N-ethyl adjacent to an activating group) is 1. The highest BCUT2D eigenvalue weighted by molar-refractivity contribution is 7.80. The summed E-state index contributed by atoms with van der Waals surface area (Å²) in [6.07, 6.45) is 6.23. The third-order valence-corrected chi connectivity index (χ3v) is 3.49. The Morgan fingerprint density at radius 2 is 2.24 bits per heavy atom. The van der Waals surface area contributed by atoms with Crippen LogP contribution in [0.1, 0.15) is 38.5 Å². The van der Waals surface area contributed by atoms with Crippen molar-refractivity contribution in [3.05, 3.63) is 0 Å². The summed E-state index contributed by atoms with van der Waals surface area (Å²) in [5.74, 6) is 0.152. The fraction of sp³-hybridized carbons (Fsp3) is 0.833. The zero-order chi connectivity index (χ0) is 12.7. The first-order valence-corrected chi connectivity index (χ1v) is 6.80. The Morgan fingerprint density at radius 3 is 2.88 bits per heavy atom. The van der Waals surface area contributed by atoms with E-state index in [1.165, 1.54) is 6.42 Å². The number of carbonyl (C=O) groups is 1. The average molecular weight is 257 g/mol. The monoisotopic (exact) mass is 257 g/mol. The van der Waals surface area contributed by atoms with Gasteiger partial charge in [-0.3, -0.25) is 9.69 Å². The molecule has 0 radical (unpaired) electrons. The molecule has 0 aromatic heterocycles. The molecule has 1 heterocycles. The smallest absolute Gasteiger partial charge is 0.237 e. The molecule has 0 bridgehead atoms. The van der Waals surface area contributed by atoms with Crippen LogP contribution in [0.3, 0.4) is 0 Å². The normalized spacial score (nSPS) is 21.1. The molecule has 5 heteroatoms. The molecule has 1 fully saturated rings. The largest absolute Gasteiger partial charge is 0.393 e. The number of hydrogen-bond acceptors (Lipinski definition) is 3. The molecule has 0 aliphatic carbocycles. The second-order valence-electron chi connectivity index (χ2n) is 4.59. The fourth-order valence-electron chi connectivity index (χ4n) is 2.34. The first-order chi connectivity index (χ1) is 8.15. The van der Waals surface area contributed by atoms with E-state index in [4.69, 9.17) is 18.0 Å². The van der Waals surface area contributed by atoms with E-state index in [0.717, 1.165) is 45.2 Å². The van der Waals surface area contributed by atoms with E-state index in [0.29, 0.717) is 4.99 Å². The van der Waals surface area contributed by atoms with Crippen LogP contribution in [0.15, 0.2) is 0 Å². The van der Waals surface area contributed by atoms with Crippen molar-refractivity contribution in [2.45, 2.75) is 44.6 Å². The topological polar surface area (TPSA) is 58.4 Å². The summed E-state index contributed by atoms with van der Waals surface area (Å²) in [5, 5.41) is 2.75. The van der Waals surface area contributed by atoms with Crippen LogP contribution in [0.2, 0.25) is 0 Å². The predicted octanol–water partition coefficient (Wildman–Crippen LogP) is 1.04. The number of nitrogens with two attached hydrogens (primary N) is 1. The van der Waals surface area contributed by atoms with Gasteiger partial charge in [0.2, 0.25) is 5.91 Å². The van der Waals surface area contributed by atoms with Crippen molar-refractivity contribution in [2.24, 2.45) is 5.73 Å². The van der Waals surface area contributed by atoms with Crippen molar-refractivity contribution < 1.29 is 4.79 Å². The van der Waals surface area contributed by atoms with E-state index >= 15 is 0 Å². The van der Waals surface area contributed by atoms with Crippen LogP contribution in [-0.4, -0.2) is 42.0 Å². The van der Waals surface area contributed by atoms with Gasteiger partial charge in [-0.2, -0.15) is 0 Å². The Kier molecular flexibility index (Phi) is 6.44. The Balaban J connectivity index is 2.32. The van der Waals surface area contributed by atoms with Crippen LogP contribution in [0.4, 0.5) is 0 Å². The first kappa shape index (κ1) is 14.4. The van der Waals surface area contributed by atoms with Gasteiger partial charge in [-0.05, 0) is 45.2 Å². The van der Waals surface area contributed by atoms with Gasteiger partial charge in [-0.25, -0.2) is 0 Å². The van der Waals surface area contributed by atoms with Crippen molar-refractivity contribution in [1.82, 2.24) is 10.2 Å². The van der Waals surface area contributed by atoms with Crippen molar-refractivity contribution in [3.8, 4) is 0 Å². The van der Waals surface area contributed by atoms with Gasteiger partial charge < -0.3 is 11.1 Å². The second kappa shape index (κ2) is 7.61. The minimum Gasteiger partial charge on any atom is -0.393 e. The lowest BCUT2D eigenvalue weighted by Crippen LogP contribution is -2.48. The molecule has 1 unspecified atom stereocenters. The number of nitrogens with one attached hydrogen (secondary N) is 1. The van der Waals surface area contributed by atoms with Gasteiger partial charge in [-0.15, -0.1) is 0 Å². The molecule has 3 N–H and O–H groups in total. The zero-order valence-corrected chi connectivity index (χ0v) is 11.4. The number of hydrogen-bond donors (Lipinski definition) is 2. The molecule has 0 aromatic rings. The summed E-state index contributed by atoms with van der Waals surface area (Å²) in [5.41, 5.74) is 5.46. The Hall–Kier alpha value is -0.680. The van der Waals surface area contributed by atoms with Crippen molar-refractivity contribution in [2.75, 3.05) is 20.1 Å². The third kappa shape index (κ3) is 5.00. The van der Waals surface area contributed by atoms with Crippen LogP contribution in [0.5, 0.6) is 0 Å². The summed E-state index contributed by atoms with van der Waals surface area (Å²) in [7, 11) is 1.71. The molecule has 1 aliphatic heterocycles. The highest BCUT2D eigenvalue weighted by atomic mass is 32.1. The number of likely N-dealkylation sites (tertiary alicyclic amines) is 1. The number of rotatable bonds is 6. The molecular formula is C12H23N3OS. The number of thiocarbonyl (C=S) groups is 1. The summed E-state index contributed by atoms with van der Waals surface area (Å²) in [4.78, 5) is 14.6. The number of piperidine rings is 1. The van der Waals surface area contributed by atoms with E-state index in [-0.39, 0.29) is 11.9 Å². The molecule has 1 rings (SSSR count). The maximum Gasteiger partial charge on any atom is 0.237 e. The van der Waals surface area contributed by atoms with Crippen molar-refractivity contribution in [1.29, 1.82) is 0 Å². The van der Waals surface area contributed by atoms with E-state index in [1.54, 1.807) is 7.05 Å². The van der Waals surface area contributed by atoms with Crippen LogP contribution in [-0.2, 0) is 4.79 Å². The predicted molar refractivity (Wildman–Crippen MR) is 73.9 cm³/mol. The van der Waals surface area contributed by atoms with Gasteiger partial charge in [0, 0.05) is 7.05 Å². The average Bonchev–Trinajstić information content (AvgIpc) is 2.34. The molecular weight excluding hydrogens is 234 g/mol. The zero-order valence-electron chi connectivity index (χ0n) is 10.6. The van der Waals surface area contributed by atoms with Crippen molar-refractivity contribution in [3.63, 3.8) is 0 Å². The van der Waals surface area contributed by atoms with Gasteiger partial charge >= 0.3 is 0 Å². The quantitative estimate of drug-likeness (QED) is 0.551. The summed E-state index contributed by atoms with van der Waals surface area (Å²) in [6.45, 7) is 2.01. The van der Waals surface area contributed by atoms with E-state index in [2.05, 4.69) is 10.2 Å². The molecule has 1 aliphatic rings. The highest BCUT2D eigenvalue weighted by Gasteiger charge is 2.27. The lowest BCUT2D eigenvalue weighted by Gasteiger charge is -2.34. The van der Waals surface area contributed by atoms with Crippen LogP contribution in [0, 0.1) is 0 Å². The van der Waals surface area contributed by atoms with Gasteiger partial charge in [0.05, 0.1) is 11.0 Å². The standard InChI is InChI=1S/C12H23N3OS/c1-14-12(16)10-6-2-4-8-15(10)9-5-3-7-11(13)17/h10H,2-9H2,1H3,(H2,13,17)(H,14,16). The minimum absolute atomic E-state index is 0.0681. The molecule has 1 atom stereocenters. The Morgan fingerprint density at radius 1 is 1.47 bits per heavy atom. The van der Waals surface area contributed by atoms with E-state index < -0.39 is 0 Å². The molecule has 4 nitrogen and oxygen atoms in total. The molecule has 0 spiro atoms. The molecule has 1 saturated heterocycles. The van der Waals surface area contributed by atoms with Crippen molar-refractivity contribution >= 4 is 23.1 Å². The number of amides is 1. The lowest BCUT2D eigenvalue weighted by atomic mass is 10.0.